The van der Waals surface area contributed by atoms with E-state index in [-0.39, 0.29) is 10.9 Å². The predicted octanol–water partition coefficient (Wildman–Crippen LogP) is 2.17. The number of aromatic nitrogens is 1. The van der Waals surface area contributed by atoms with Gasteiger partial charge in [-0.25, -0.2) is 13.4 Å². The molecule has 1 unspecified atom stereocenters. The van der Waals surface area contributed by atoms with Crippen molar-refractivity contribution < 1.29 is 13.2 Å². The maximum absolute atomic E-state index is 12.5. The van der Waals surface area contributed by atoms with Crippen LogP contribution in [0.1, 0.15) is 20.8 Å². The van der Waals surface area contributed by atoms with Crippen LogP contribution in [0.15, 0.2) is 41.4 Å². The van der Waals surface area contributed by atoms with Gasteiger partial charge in [-0.1, -0.05) is 32.0 Å². The van der Waals surface area contributed by atoms with Crippen molar-refractivity contribution in [1.29, 1.82) is 0 Å². The van der Waals surface area contributed by atoms with Gasteiger partial charge in [-0.2, -0.15) is 0 Å². The molecule has 0 spiro atoms. The number of amides is 1. The number of nitrogens with one attached hydrogen (secondary N) is 1. The second-order valence-electron chi connectivity index (χ2n) is 5.67. The molecule has 0 fully saturated rings. The van der Waals surface area contributed by atoms with Gasteiger partial charge in [-0.3, -0.25) is 4.79 Å². The van der Waals surface area contributed by atoms with Gasteiger partial charge in [0, 0.05) is 11.9 Å². The zero-order chi connectivity index (χ0) is 16.3. The first-order valence-corrected chi connectivity index (χ1v) is 8.74. The maximum Gasteiger partial charge on any atom is 0.238 e. The van der Waals surface area contributed by atoms with Crippen LogP contribution in [0.5, 0.6) is 0 Å². The second kappa shape index (κ2) is 6.44. The molecule has 22 heavy (non-hydrogen) atoms. The van der Waals surface area contributed by atoms with Gasteiger partial charge in [-0.15, -0.1) is 0 Å². The fourth-order valence-electron chi connectivity index (χ4n) is 1.98. The number of benzene rings is 1. The van der Waals surface area contributed by atoms with Crippen LogP contribution in [0.25, 0.3) is 10.9 Å². The summed E-state index contributed by atoms with van der Waals surface area (Å²) < 4.78 is 25.1. The molecule has 1 atom stereocenters. The molecule has 1 amide bonds. The summed E-state index contributed by atoms with van der Waals surface area (Å²) in [5.74, 6) is -0.235. The van der Waals surface area contributed by atoms with Crippen LogP contribution in [0.3, 0.4) is 0 Å². The SMILES string of the molecule is CC(C)CNC(=O)C(C)S(=O)(=O)c1ccc2ccccc2n1. The largest absolute Gasteiger partial charge is 0.355 e. The van der Waals surface area contributed by atoms with E-state index in [1.165, 1.54) is 13.0 Å². The summed E-state index contributed by atoms with van der Waals surface area (Å²) in [4.78, 5) is 16.2. The topological polar surface area (TPSA) is 76.1 Å². The molecular formula is C16H20N2O3S. The molecular weight excluding hydrogens is 300 g/mol. The highest BCUT2D eigenvalue weighted by molar-refractivity contribution is 7.92. The molecule has 1 aromatic carbocycles. The summed E-state index contributed by atoms with van der Waals surface area (Å²) in [6, 6.07) is 10.4. The smallest absolute Gasteiger partial charge is 0.238 e. The van der Waals surface area contributed by atoms with Crippen molar-refractivity contribution in [2.45, 2.75) is 31.0 Å². The molecule has 0 aliphatic heterocycles. The normalized spacial score (nSPS) is 13.3. The summed E-state index contributed by atoms with van der Waals surface area (Å²) in [5, 5.41) is 2.27. The quantitative estimate of drug-likeness (QED) is 0.916. The Labute approximate surface area is 130 Å². The Morgan fingerprint density at radius 3 is 2.50 bits per heavy atom. The fraction of sp³-hybridized carbons (Fsp3) is 0.375. The Kier molecular flexibility index (Phi) is 4.81. The number of pyridine rings is 1. The van der Waals surface area contributed by atoms with E-state index in [4.69, 9.17) is 0 Å². The van der Waals surface area contributed by atoms with E-state index >= 15 is 0 Å². The summed E-state index contributed by atoms with van der Waals surface area (Å²) in [6.07, 6.45) is 0. The minimum Gasteiger partial charge on any atom is -0.355 e. The molecule has 0 bridgehead atoms. The molecule has 0 radical (unpaired) electrons. The molecule has 5 nitrogen and oxygen atoms in total. The van der Waals surface area contributed by atoms with Crippen LogP contribution >= 0.6 is 0 Å². The van der Waals surface area contributed by atoms with Crippen LogP contribution in [0.4, 0.5) is 0 Å². The van der Waals surface area contributed by atoms with Gasteiger partial charge < -0.3 is 5.32 Å². The first kappa shape index (κ1) is 16.4. The Morgan fingerprint density at radius 2 is 1.82 bits per heavy atom. The number of sulfone groups is 1. The van der Waals surface area contributed by atoms with Crippen molar-refractivity contribution in [2.75, 3.05) is 6.54 Å². The van der Waals surface area contributed by atoms with E-state index in [0.717, 1.165) is 5.39 Å². The summed E-state index contributed by atoms with van der Waals surface area (Å²) in [5.41, 5.74) is 0.596. The number of carbonyl (C=O) groups is 1. The standard InChI is InChI=1S/C16H20N2O3S/c1-11(2)10-17-16(19)12(3)22(20,21)15-9-8-13-6-4-5-7-14(13)18-15/h4-9,11-12H,10H2,1-3H3,(H,17,19). The molecule has 0 saturated heterocycles. The Morgan fingerprint density at radius 1 is 1.14 bits per heavy atom. The molecule has 0 aliphatic rings. The van der Waals surface area contributed by atoms with Crippen LogP contribution in [-0.4, -0.2) is 31.1 Å². The number of para-hydroxylation sites is 1. The molecule has 2 aromatic rings. The highest BCUT2D eigenvalue weighted by atomic mass is 32.2. The van der Waals surface area contributed by atoms with Gasteiger partial charge in [0.05, 0.1) is 5.52 Å². The third kappa shape index (κ3) is 3.44. The number of carbonyl (C=O) groups excluding carboxylic acids is 1. The van der Waals surface area contributed by atoms with Crippen molar-refractivity contribution >= 4 is 26.6 Å². The lowest BCUT2D eigenvalue weighted by atomic mass is 10.2. The maximum atomic E-state index is 12.5. The molecule has 0 saturated carbocycles. The van der Waals surface area contributed by atoms with E-state index in [2.05, 4.69) is 10.3 Å². The van der Waals surface area contributed by atoms with Gasteiger partial charge in [-0.05, 0) is 31.0 Å². The van der Waals surface area contributed by atoms with Crippen LogP contribution in [0.2, 0.25) is 0 Å². The Balaban J connectivity index is 2.29. The minimum atomic E-state index is -3.80. The first-order chi connectivity index (χ1) is 10.3. The summed E-state index contributed by atoms with van der Waals surface area (Å²) in [7, 11) is -3.80. The van der Waals surface area contributed by atoms with Gasteiger partial charge in [0.15, 0.2) is 5.03 Å². The molecule has 0 aliphatic carbocycles. The Hall–Kier alpha value is -1.95. The van der Waals surface area contributed by atoms with Gasteiger partial charge in [0.2, 0.25) is 15.7 Å². The number of hydrogen-bond donors (Lipinski definition) is 1. The van der Waals surface area contributed by atoms with Crippen molar-refractivity contribution in [3.63, 3.8) is 0 Å². The second-order valence-corrected chi connectivity index (χ2v) is 7.88. The van der Waals surface area contributed by atoms with E-state index < -0.39 is 21.0 Å². The Bertz CT molecular complexity index is 785. The first-order valence-electron chi connectivity index (χ1n) is 7.20. The highest BCUT2D eigenvalue weighted by Crippen LogP contribution is 2.18. The average Bonchev–Trinajstić information content (AvgIpc) is 2.51. The lowest BCUT2D eigenvalue weighted by Crippen LogP contribution is -2.39. The predicted molar refractivity (Wildman–Crippen MR) is 86.2 cm³/mol. The van der Waals surface area contributed by atoms with E-state index in [1.54, 1.807) is 18.2 Å². The van der Waals surface area contributed by atoms with E-state index in [0.29, 0.717) is 12.1 Å². The van der Waals surface area contributed by atoms with Crippen molar-refractivity contribution in [2.24, 2.45) is 5.92 Å². The van der Waals surface area contributed by atoms with Crippen LogP contribution in [0, 0.1) is 5.92 Å². The summed E-state index contributed by atoms with van der Waals surface area (Å²) in [6.45, 7) is 5.74. The van der Waals surface area contributed by atoms with E-state index in [9.17, 15) is 13.2 Å². The number of hydrogen-bond acceptors (Lipinski definition) is 4. The molecule has 1 heterocycles. The lowest BCUT2D eigenvalue weighted by molar-refractivity contribution is -0.120. The molecule has 1 N–H and O–H groups in total. The molecule has 1 aromatic heterocycles. The van der Waals surface area contributed by atoms with Crippen molar-refractivity contribution in [3.8, 4) is 0 Å². The van der Waals surface area contributed by atoms with Crippen molar-refractivity contribution in [1.82, 2.24) is 10.3 Å². The molecule has 2 rings (SSSR count). The number of fused-ring (bicyclic) bond motifs is 1. The van der Waals surface area contributed by atoms with Crippen LogP contribution < -0.4 is 5.32 Å². The van der Waals surface area contributed by atoms with Gasteiger partial charge in [0.25, 0.3) is 0 Å². The van der Waals surface area contributed by atoms with Gasteiger partial charge in [0.1, 0.15) is 5.25 Å². The summed E-state index contributed by atoms with van der Waals surface area (Å²) >= 11 is 0. The third-order valence-electron chi connectivity index (χ3n) is 3.38. The number of nitrogens with zero attached hydrogens (tertiary/aromatic N) is 1. The van der Waals surface area contributed by atoms with Crippen molar-refractivity contribution in [3.05, 3.63) is 36.4 Å². The zero-order valence-corrected chi connectivity index (χ0v) is 13.7. The average molecular weight is 320 g/mol. The third-order valence-corrected chi connectivity index (χ3v) is 5.34. The van der Waals surface area contributed by atoms with Gasteiger partial charge >= 0.3 is 0 Å². The lowest BCUT2D eigenvalue weighted by Gasteiger charge is -2.14. The number of rotatable bonds is 5. The fourth-order valence-corrected chi connectivity index (χ4v) is 3.19. The van der Waals surface area contributed by atoms with E-state index in [1.807, 2.05) is 26.0 Å². The highest BCUT2D eigenvalue weighted by Gasteiger charge is 2.30. The molecule has 118 valence electrons. The van der Waals surface area contributed by atoms with Crippen LogP contribution in [-0.2, 0) is 14.6 Å². The molecule has 6 heteroatoms. The minimum absolute atomic E-state index is 0.0709. The monoisotopic (exact) mass is 320 g/mol. The zero-order valence-electron chi connectivity index (χ0n) is 12.9.